The zero-order chi connectivity index (χ0) is 16.0. The predicted octanol–water partition coefficient (Wildman–Crippen LogP) is 1.93. The van der Waals surface area contributed by atoms with Gasteiger partial charge in [0.25, 0.3) is 0 Å². The average molecular weight is 318 g/mol. The van der Waals surface area contributed by atoms with Crippen molar-refractivity contribution in [1.82, 2.24) is 14.8 Å². The highest BCUT2D eigenvalue weighted by molar-refractivity contribution is 5.94. The Morgan fingerprint density at radius 1 is 1.39 bits per heavy atom. The highest BCUT2D eigenvalue weighted by atomic mass is 19.1. The van der Waals surface area contributed by atoms with Gasteiger partial charge in [-0.2, -0.15) is 9.49 Å². The molecule has 0 atom stereocenters. The number of halogens is 1. The highest BCUT2D eigenvalue weighted by Gasteiger charge is 2.27. The molecule has 7 nitrogen and oxygen atoms in total. The number of hydrogen-bond donors (Lipinski definition) is 2. The number of aromatic carboxylic acids is 1. The molecule has 2 aromatic rings. The molecule has 120 valence electrons. The van der Waals surface area contributed by atoms with E-state index in [0.29, 0.717) is 25.1 Å². The maximum atomic E-state index is 14.3. The van der Waals surface area contributed by atoms with Crippen LogP contribution in [0.3, 0.4) is 0 Å². The molecule has 2 aliphatic rings. The Labute approximate surface area is 131 Å². The number of nitrogens with one attached hydrogen (secondary N) is 1. The van der Waals surface area contributed by atoms with Gasteiger partial charge in [-0.1, -0.05) is 0 Å². The molecular weight excluding hydrogens is 303 g/mol. The van der Waals surface area contributed by atoms with Crippen LogP contribution in [0.2, 0.25) is 0 Å². The number of carbonyl (C=O) groups is 1. The maximum Gasteiger partial charge on any atom is 0.339 e. The van der Waals surface area contributed by atoms with E-state index in [2.05, 4.69) is 15.4 Å². The highest BCUT2D eigenvalue weighted by Crippen LogP contribution is 2.29. The molecule has 2 fully saturated rings. The first-order chi connectivity index (χ1) is 11.1. The van der Waals surface area contributed by atoms with Crippen molar-refractivity contribution in [2.24, 2.45) is 0 Å². The molecule has 1 saturated heterocycles. The van der Waals surface area contributed by atoms with Crippen molar-refractivity contribution in [3.8, 4) is 11.3 Å². The van der Waals surface area contributed by atoms with Gasteiger partial charge >= 0.3 is 5.97 Å². The summed E-state index contributed by atoms with van der Waals surface area (Å²) in [5, 5.41) is 16.7. The zero-order valence-corrected chi connectivity index (χ0v) is 12.2. The maximum absolute atomic E-state index is 14.3. The molecule has 1 aliphatic carbocycles. The summed E-state index contributed by atoms with van der Waals surface area (Å²) in [6.07, 6.45) is 3.53. The number of pyridine rings is 1. The van der Waals surface area contributed by atoms with Crippen LogP contribution in [-0.2, 0) is 4.74 Å². The van der Waals surface area contributed by atoms with Gasteiger partial charge in [0.1, 0.15) is 17.1 Å². The minimum atomic E-state index is -1.15. The van der Waals surface area contributed by atoms with Gasteiger partial charge < -0.3 is 15.2 Å². The number of carboxylic acid groups (broad SMARTS) is 1. The van der Waals surface area contributed by atoms with Crippen molar-refractivity contribution >= 4 is 11.8 Å². The molecule has 23 heavy (non-hydrogen) atoms. The monoisotopic (exact) mass is 318 g/mol. The summed E-state index contributed by atoms with van der Waals surface area (Å²) >= 11 is 0. The third kappa shape index (κ3) is 2.65. The summed E-state index contributed by atoms with van der Waals surface area (Å²) in [7, 11) is 0. The second-order valence-corrected chi connectivity index (χ2v) is 5.82. The van der Waals surface area contributed by atoms with Crippen molar-refractivity contribution in [2.45, 2.75) is 24.9 Å². The van der Waals surface area contributed by atoms with E-state index in [0.717, 1.165) is 12.8 Å². The minimum Gasteiger partial charge on any atom is -0.478 e. The molecule has 4 rings (SSSR count). The number of rotatable bonds is 5. The van der Waals surface area contributed by atoms with E-state index < -0.39 is 11.9 Å². The Morgan fingerprint density at radius 2 is 2.17 bits per heavy atom. The predicted molar refractivity (Wildman–Crippen MR) is 78.9 cm³/mol. The van der Waals surface area contributed by atoms with Crippen LogP contribution in [0.15, 0.2) is 18.3 Å². The van der Waals surface area contributed by atoms with Crippen molar-refractivity contribution < 1.29 is 19.0 Å². The van der Waals surface area contributed by atoms with Gasteiger partial charge in [-0.25, -0.2) is 9.78 Å². The molecule has 0 unspecified atom stereocenters. The minimum absolute atomic E-state index is 0.00585. The van der Waals surface area contributed by atoms with Gasteiger partial charge in [0, 0.05) is 12.2 Å². The average Bonchev–Trinajstić information content (AvgIpc) is 3.14. The van der Waals surface area contributed by atoms with Crippen LogP contribution in [0, 0.1) is 5.95 Å². The number of carboxylic acids is 1. The number of hydrogen-bond acceptors (Lipinski definition) is 5. The Hall–Kier alpha value is -2.48. The van der Waals surface area contributed by atoms with E-state index >= 15 is 0 Å². The SMILES string of the molecule is O=C(O)c1cn(C2COC2)nc1-c1ccc(NC2CC2)nc1F. The largest absolute Gasteiger partial charge is 0.478 e. The lowest BCUT2D eigenvalue weighted by Crippen LogP contribution is -2.30. The molecular formula is C15H15FN4O3. The van der Waals surface area contributed by atoms with Crippen LogP contribution in [-0.4, -0.2) is 45.1 Å². The lowest BCUT2D eigenvalue weighted by molar-refractivity contribution is -0.0286. The van der Waals surface area contributed by atoms with E-state index in [9.17, 15) is 14.3 Å². The van der Waals surface area contributed by atoms with Crippen LogP contribution >= 0.6 is 0 Å². The summed E-state index contributed by atoms with van der Waals surface area (Å²) < 4.78 is 20.9. The van der Waals surface area contributed by atoms with Crippen LogP contribution in [0.5, 0.6) is 0 Å². The van der Waals surface area contributed by atoms with Crippen LogP contribution in [0.4, 0.5) is 10.2 Å². The van der Waals surface area contributed by atoms with Gasteiger partial charge in [-0.3, -0.25) is 4.68 Å². The fourth-order valence-corrected chi connectivity index (χ4v) is 2.44. The lowest BCUT2D eigenvalue weighted by Gasteiger charge is -2.25. The summed E-state index contributed by atoms with van der Waals surface area (Å²) in [4.78, 5) is 15.3. The third-order valence-electron chi connectivity index (χ3n) is 3.99. The fraction of sp³-hybridized carbons (Fsp3) is 0.400. The quantitative estimate of drug-likeness (QED) is 0.819. The van der Waals surface area contributed by atoms with Crippen molar-refractivity contribution in [3.05, 3.63) is 29.8 Å². The van der Waals surface area contributed by atoms with Crippen molar-refractivity contribution in [2.75, 3.05) is 18.5 Å². The molecule has 1 aliphatic heterocycles. The van der Waals surface area contributed by atoms with Gasteiger partial charge in [0.15, 0.2) is 0 Å². The van der Waals surface area contributed by atoms with Crippen LogP contribution < -0.4 is 5.32 Å². The third-order valence-corrected chi connectivity index (χ3v) is 3.99. The Morgan fingerprint density at radius 3 is 2.74 bits per heavy atom. The molecule has 0 radical (unpaired) electrons. The first-order valence-electron chi connectivity index (χ1n) is 7.45. The van der Waals surface area contributed by atoms with E-state index in [1.54, 1.807) is 6.07 Å². The van der Waals surface area contributed by atoms with Crippen molar-refractivity contribution in [1.29, 1.82) is 0 Å². The van der Waals surface area contributed by atoms with Crippen LogP contribution in [0.1, 0.15) is 29.2 Å². The summed E-state index contributed by atoms with van der Waals surface area (Å²) in [6, 6.07) is 3.52. The first kappa shape index (κ1) is 14.1. The molecule has 2 aromatic heterocycles. The van der Waals surface area contributed by atoms with Crippen molar-refractivity contribution in [3.63, 3.8) is 0 Å². The normalized spacial score (nSPS) is 17.8. The molecule has 0 amide bonds. The van der Waals surface area contributed by atoms with Gasteiger partial charge in [0.05, 0.1) is 24.8 Å². The number of anilines is 1. The van der Waals surface area contributed by atoms with E-state index in [1.165, 1.54) is 16.9 Å². The Kier molecular flexibility index (Phi) is 3.26. The summed E-state index contributed by atoms with van der Waals surface area (Å²) in [5.41, 5.74) is 0.135. The zero-order valence-electron chi connectivity index (χ0n) is 12.2. The van der Waals surface area contributed by atoms with E-state index in [-0.39, 0.29) is 22.9 Å². The topological polar surface area (TPSA) is 89.3 Å². The number of aromatic nitrogens is 3. The second kappa shape index (κ2) is 5.31. The molecule has 1 saturated carbocycles. The summed E-state index contributed by atoms with van der Waals surface area (Å²) in [6.45, 7) is 0.955. The fourth-order valence-electron chi connectivity index (χ4n) is 2.44. The van der Waals surface area contributed by atoms with E-state index in [1.807, 2.05) is 0 Å². The molecule has 0 spiro atoms. The Bertz CT molecular complexity index is 768. The van der Waals surface area contributed by atoms with Gasteiger partial charge in [-0.05, 0) is 25.0 Å². The van der Waals surface area contributed by atoms with Gasteiger partial charge in [0.2, 0.25) is 5.95 Å². The molecule has 8 heteroatoms. The lowest BCUT2D eigenvalue weighted by atomic mass is 10.1. The standard InChI is InChI=1S/C15H15FN4O3/c16-14-10(3-4-12(18-14)17-8-1-2-8)13-11(15(21)22)5-20(19-13)9-6-23-7-9/h3-5,8-9H,1-2,6-7H2,(H,17,18)(H,21,22). The second-order valence-electron chi connectivity index (χ2n) is 5.82. The summed E-state index contributed by atoms with van der Waals surface area (Å²) in [5.74, 6) is -1.42. The number of ether oxygens (including phenoxy) is 1. The molecule has 0 bridgehead atoms. The first-order valence-corrected chi connectivity index (χ1v) is 7.45. The van der Waals surface area contributed by atoms with Gasteiger partial charge in [-0.15, -0.1) is 0 Å². The molecule has 0 aromatic carbocycles. The van der Waals surface area contributed by atoms with Crippen LogP contribution in [0.25, 0.3) is 11.3 Å². The molecule has 2 N–H and O–H groups in total. The smallest absolute Gasteiger partial charge is 0.339 e. The molecule has 3 heterocycles. The van der Waals surface area contributed by atoms with E-state index in [4.69, 9.17) is 4.74 Å². The number of nitrogens with zero attached hydrogens (tertiary/aromatic N) is 3. The Balaban J connectivity index is 1.70.